The summed E-state index contributed by atoms with van der Waals surface area (Å²) in [6.45, 7) is 15.0. The van der Waals surface area contributed by atoms with Crippen LogP contribution in [0.3, 0.4) is 0 Å². The molecule has 1 aromatic heterocycles. The second-order valence-electron chi connectivity index (χ2n) is 9.80. The van der Waals surface area contributed by atoms with E-state index in [0.717, 1.165) is 11.8 Å². The molecule has 0 spiro atoms. The molecule has 1 aliphatic rings. The van der Waals surface area contributed by atoms with Gasteiger partial charge in [0.25, 0.3) is 0 Å². The second-order valence-corrected chi connectivity index (χ2v) is 10.9. The summed E-state index contributed by atoms with van der Waals surface area (Å²) in [6, 6.07) is 11.0. The van der Waals surface area contributed by atoms with Gasteiger partial charge in [-0.2, -0.15) is 5.26 Å². The molecule has 38 heavy (non-hydrogen) atoms. The third kappa shape index (κ3) is 6.73. The molecule has 2 atom stereocenters. The van der Waals surface area contributed by atoms with Crippen molar-refractivity contribution >= 4 is 35.3 Å². The number of primary amides is 1. The Kier molecular flexibility index (Phi) is 9.18. The zero-order valence-electron chi connectivity index (χ0n) is 21.9. The molecule has 1 saturated heterocycles. The van der Waals surface area contributed by atoms with Crippen LogP contribution in [0.1, 0.15) is 49.6 Å². The minimum Gasteiger partial charge on any atom is -0.444 e. The lowest BCUT2D eigenvalue weighted by atomic mass is 10.1. The van der Waals surface area contributed by atoms with Crippen molar-refractivity contribution in [3.63, 3.8) is 0 Å². The number of ether oxygens (including phenoxy) is 1. The van der Waals surface area contributed by atoms with Crippen LogP contribution in [-0.2, 0) is 16.0 Å². The van der Waals surface area contributed by atoms with E-state index in [0.29, 0.717) is 17.5 Å². The van der Waals surface area contributed by atoms with Crippen LogP contribution in [0.2, 0.25) is 0 Å². The van der Waals surface area contributed by atoms with Gasteiger partial charge < -0.3 is 20.3 Å². The predicted molar refractivity (Wildman–Crippen MR) is 144 cm³/mol. The standard InChI is InChI=1S/C27H31FN6O3S/c1-6-19-20(14-29)25(38-22(23(30)35)17-10-8-7-9-11-17)32-24(21(19)31-5)33-12-13-34(16-18(28)15-33)26(36)37-27(2,3)4/h7-11,18,22H,6,12-13,15-16H2,1-4H3,(H2,30,35). The van der Waals surface area contributed by atoms with Crippen LogP contribution in [-0.4, -0.2) is 59.8 Å². The van der Waals surface area contributed by atoms with Gasteiger partial charge in [0.1, 0.15) is 33.9 Å². The van der Waals surface area contributed by atoms with Crippen LogP contribution in [0, 0.1) is 17.9 Å². The quantitative estimate of drug-likeness (QED) is 0.415. The van der Waals surface area contributed by atoms with E-state index in [1.54, 1.807) is 49.9 Å². The molecule has 1 aliphatic heterocycles. The summed E-state index contributed by atoms with van der Waals surface area (Å²) >= 11 is 1.03. The smallest absolute Gasteiger partial charge is 0.410 e. The Morgan fingerprint density at radius 2 is 2.00 bits per heavy atom. The fraction of sp³-hybridized carbons (Fsp3) is 0.444. The van der Waals surface area contributed by atoms with E-state index in [2.05, 4.69) is 15.9 Å². The molecule has 0 bridgehead atoms. The van der Waals surface area contributed by atoms with Crippen LogP contribution < -0.4 is 10.6 Å². The van der Waals surface area contributed by atoms with Gasteiger partial charge in [-0.05, 0) is 38.3 Å². The molecule has 2 aromatic rings. The normalized spacial score (nSPS) is 16.7. The topological polar surface area (TPSA) is 117 Å². The van der Waals surface area contributed by atoms with E-state index < -0.39 is 29.0 Å². The Bertz CT molecular complexity index is 1270. The van der Waals surface area contributed by atoms with Gasteiger partial charge in [0, 0.05) is 13.1 Å². The van der Waals surface area contributed by atoms with Crippen LogP contribution in [0.25, 0.3) is 4.85 Å². The van der Waals surface area contributed by atoms with E-state index in [9.17, 15) is 14.9 Å². The Morgan fingerprint density at radius 1 is 1.32 bits per heavy atom. The summed E-state index contributed by atoms with van der Waals surface area (Å²) in [6.07, 6.45) is -1.68. The van der Waals surface area contributed by atoms with Gasteiger partial charge in [-0.15, -0.1) is 0 Å². The molecule has 3 rings (SSSR count). The van der Waals surface area contributed by atoms with Gasteiger partial charge in [-0.3, -0.25) is 4.79 Å². The lowest BCUT2D eigenvalue weighted by Gasteiger charge is -2.27. The number of amides is 2. The average molecular weight is 539 g/mol. The van der Waals surface area contributed by atoms with Crippen molar-refractivity contribution in [2.75, 3.05) is 31.1 Å². The van der Waals surface area contributed by atoms with Crippen LogP contribution in [0.4, 0.5) is 20.7 Å². The summed E-state index contributed by atoms with van der Waals surface area (Å²) in [5.74, 6) is -0.393. The number of anilines is 1. The first kappa shape index (κ1) is 28.7. The van der Waals surface area contributed by atoms with Crippen molar-refractivity contribution in [2.24, 2.45) is 5.73 Å². The second kappa shape index (κ2) is 12.1. The lowest BCUT2D eigenvalue weighted by molar-refractivity contribution is -0.117. The maximum atomic E-state index is 15.1. The molecule has 1 aromatic carbocycles. The molecule has 2 heterocycles. The number of halogens is 1. The Balaban J connectivity index is 2.04. The zero-order valence-corrected chi connectivity index (χ0v) is 22.7. The summed E-state index contributed by atoms with van der Waals surface area (Å²) in [5.41, 5.74) is 6.45. The first-order valence-electron chi connectivity index (χ1n) is 12.2. The zero-order chi connectivity index (χ0) is 28.0. The molecule has 2 N–H and O–H groups in total. The summed E-state index contributed by atoms with van der Waals surface area (Å²) in [7, 11) is 0. The first-order valence-corrected chi connectivity index (χ1v) is 13.1. The van der Waals surface area contributed by atoms with Crippen molar-refractivity contribution in [1.29, 1.82) is 5.26 Å². The number of hydrogen-bond acceptors (Lipinski definition) is 7. The number of carbonyl (C=O) groups is 2. The third-order valence-electron chi connectivity index (χ3n) is 5.82. The SMILES string of the molecule is [C-]#[N+]c1c(N2CCN(C(=O)OC(C)(C)C)CC(F)C2)nc(SC(C(N)=O)c2ccccc2)c(C#N)c1CC. The number of nitriles is 1. The van der Waals surface area contributed by atoms with E-state index >= 15 is 4.39 Å². The summed E-state index contributed by atoms with van der Waals surface area (Å²) < 4.78 is 20.5. The lowest BCUT2D eigenvalue weighted by Crippen LogP contribution is -2.40. The first-order chi connectivity index (χ1) is 18.0. The highest BCUT2D eigenvalue weighted by Gasteiger charge is 2.32. The van der Waals surface area contributed by atoms with Gasteiger partial charge >= 0.3 is 6.09 Å². The highest BCUT2D eigenvalue weighted by molar-refractivity contribution is 8.00. The third-order valence-corrected chi connectivity index (χ3v) is 7.08. The van der Waals surface area contributed by atoms with Crippen LogP contribution in [0.15, 0.2) is 35.4 Å². The monoisotopic (exact) mass is 538 g/mol. The molecule has 0 saturated carbocycles. The maximum absolute atomic E-state index is 15.1. The van der Waals surface area contributed by atoms with Crippen molar-refractivity contribution in [2.45, 2.75) is 56.2 Å². The molecule has 0 aliphatic carbocycles. The van der Waals surface area contributed by atoms with Crippen LogP contribution in [0.5, 0.6) is 0 Å². The number of nitrogens with two attached hydrogens (primary N) is 1. The molecule has 200 valence electrons. The number of rotatable bonds is 6. The van der Waals surface area contributed by atoms with Crippen molar-refractivity contribution in [3.8, 4) is 6.07 Å². The van der Waals surface area contributed by atoms with Gasteiger partial charge in [-0.1, -0.05) is 49.0 Å². The van der Waals surface area contributed by atoms with Crippen molar-refractivity contribution in [1.82, 2.24) is 9.88 Å². The highest BCUT2D eigenvalue weighted by atomic mass is 32.2. The van der Waals surface area contributed by atoms with E-state index in [-0.39, 0.29) is 48.3 Å². The molecular formula is C27H31FN6O3S. The number of alkyl halides is 1. The van der Waals surface area contributed by atoms with E-state index in [1.807, 2.05) is 13.0 Å². The number of thioether (sulfide) groups is 1. The molecule has 9 nitrogen and oxygen atoms in total. The molecule has 0 radical (unpaired) electrons. The largest absolute Gasteiger partial charge is 0.444 e. The molecule has 2 amide bonds. The molecular weight excluding hydrogens is 507 g/mol. The highest BCUT2D eigenvalue weighted by Crippen LogP contribution is 2.42. The van der Waals surface area contributed by atoms with Crippen LogP contribution >= 0.6 is 11.8 Å². The van der Waals surface area contributed by atoms with Gasteiger partial charge in [0.15, 0.2) is 0 Å². The number of pyridine rings is 1. The van der Waals surface area contributed by atoms with Gasteiger partial charge in [0.05, 0.1) is 25.2 Å². The fourth-order valence-corrected chi connectivity index (χ4v) is 5.20. The van der Waals surface area contributed by atoms with Gasteiger partial charge in [0.2, 0.25) is 11.6 Å². The number of benzene rings is 1. The fourth-order valence-electron chi connectivity index (χ4n) is 4.14. The minimum absolute atomic E-state index is 0.105. The number of carbonyl (C=O) groups excluding carboxylic acids is 2. The average Bonchev–Trinajstić information content (AvgIpc) is 3.07. The van der Waals surface area contributed by atoms with E-state index in [1.165, 1.54) is 4.90 Å². The summed E-state index contributed by atoms with van der Waals surface area (Å²) in [4.78, 5) is 36.2. The van der Waals surface area contributed by atoms with Gasteiger partial charge in [-0.25, -0.2) is 19.0 Å². The minimum atomic E-state index is -1.43. The van der Waals surface area contributed by atoms with Crippen molar-refractivity contribution < 1.29 is 18.7 Å². The Hall–Kier alpha value is -3.83. The number of aromatic nitrogens is 1. The van der Waals surface area contributed by atoms with Crippen molar-refractivity contribution in [3.05, 3.63) is 58.4 Å². The Morgan fingerprint density at radius 3 is 2.55 bits per heavy atom. The predicted octanol–water partition coefficient (Wildman–Crippen LogP) is 4.78. The molecule has 11 heteroatoms. The number of nitrogens with zero attached hydrogens (tertiary/aromatic N) is 5. The Labute approximate surface area is 226 Å². The number of hydrogen-bond donors (Lipinski definition) is 1. The molecule has 2 unspecified atom stereocenters. The molecule has 1 fully saturated rings. The van der Waals surface area contributed by atoms with E-state index in [4.69, 9.17) is 17.0 Å². The maximum Gasteiger partial charge on any atom is 0.410 e. The summed E-state index contributed by atoms with van der Waals surface area (Å²) in [5, 5.41) is 9.41.